The van der Waals surface area contributed by atoms with Crippen LogP contribution in [-0.2, 0) is 14.4 Å². The normalized spacial score (nSPS) is 18.1. The van der Waals surface area contributed by atoms with Crippen LogP contribution in [0.5, 0.6) is 0 Å². The number of nitro groups is 1. The molecule has 1 saturated heterocycles. The molecule has 178 valence electrons. The van der Waals surface area contributed by atoms with Crippen molar-refractivity contribution in [2.24, 2.45) is 11.7 Å². The highest BCUT2D eigenvalue weighted by Crippen LogP contribution is 2.31. The van der Waals surface area contributed by atoms with Crippen molar-refractivity contribution in [1.29, 1.82) is 0 Å². The fourth-order valence-electron chi connectivity index (χ4n) is 4.23. The zero-order valence-corrected chi connectivity index (χ0v) is 18.3. The molecule has 4 rings (SSSR count). The molecule has 0 unspecified atom stereocenters. The van der Waals surface area contributed by atoms with Gasteiger partial charge in [-0.1, -0.05) is 0 Å². The number of nitrogens with one attached hydrogen (secondary N) is 3. The first-order valence-corrected chi connectivity index (χ1v) is 10.7. The first-order chi connectivity index (χ1) is 16.1. The van der Waals surface area contributed by atoms with Crippen molar-refractivity contribution in [3.8, 4) is 0 Å². The van der Waals surface area contributed by atoms with E-state index in [0.717, 1.165) is 0 Å². The van der Waals surface area contributed by atoms with Gasteiger partial charge in [-0.25, -0.2) is 0 Å². The largest absolute Gasteiger partial charge is 0.369 e. The highest BCUT2D eigenvalue weighted by molar-refractivity contribution is 6.04. The number of piperidine rings is 1. The molecule has 13 heteroatoms. The summed E-state index contributed by atoms with van der Waals surface area (Å²) in [5, 5.41) is 16.2. The molecule has 3 heterocycles. The Morgan fingerprint density at radius 2 is 1.97 bits per heavy atom. The zero-order chi connectivity index (χ0) is 24.6. The molecule has 1 aromatic carbocycles. The van der Waals surface area contributed by atoms with Crippen LogP contribution >= 0.6 is 0 Å². The van der Waals surface area contributed by atoms with Crippen LogP contribution in [0.4, 0.5) is 23.1 Å². The first-order valence-electron chi connectivity index (χ1n) is 10.7. The molecule has 0 saturated carbocycles. The average Bonchev–Trinajstić information content (AvgIpc) is 2.79. The van der Waals surface area contributed by atoms with E-state index in [1.54, 1.807) is 11.8 Å². The van der Waals surface area contributed by atoms with Crippen LogP contribution in [0.15, 0.2) is 23.0 Å². The van der Waals surface area contributed by atoms with Crippen molar-refractivity contribution >= 4 is 40.9 Å². The van der Waals surface area contributed by atoms with Crippen LogP contribution in [0.3, 0.4) is 0 Å². The molecule has 1 atom stereocenters. The predicted octanol–water partition coefficient (Wildman–Crippen LogP) is 0.753. The number of aromatic amines is 1. The minimum Gasteiger partial charge on any atom is -0.369 e. The van der Waals surface area contributed by atoms with Crippen LogP contribution in [0, 0.1) is 23.0 Å². The molecule has 2 aliphatic rings. The number of nitro benzene ring substituents is 1. The van der Waals surface area contributed by atoms with E-state index in [1.807, 2.05) is 0 Å². The van der Waals surface area contributed by atoms with Crippen LogP contribution < -0.4 is 26.8 Å². The number of carbonyl (C=O) groups is 3. The standard InChI is InChI=1S/C21H23N7O6/c1-10-8-12(28(33)34)2-3-14(10)23-19(31)13-9-15(29)24-18-16(13)20(32)26-21(25-18)27-6-4-11(5-7-27)17(22)30/h2-3,8,11,13H,4-7,9H2,1H3,(H2,22,30)(H,23,31)(H2,24,25,26,29,32)/t13-/m0/s1. The van der Waals surface area contributed by atoms with Crippen molar-refractivity contribution < 1.29 is 19.3 Å². The summed E-state index contributed by atoms with van der Waals surface area (Å²) in [6.45, 7) is 2.51. The number of rotatable bonds is 5. The summed E-state index contributed by atoms with van der Waals surface area (Å²) >= 11 is 0. The number of amides is 3. The number of nitrogens with zero attached hydrogens (tertiary/aromatic N) is 3. The monoisotopic (exact) mass is 469 g/mol. The molecule has 5 N–H and O–H groups in total. The number of aromatic nitrogens is 2. The number of aryl methyl sites for hydroxylation is 1. The molecule has 0 aliphatic carbocycles. The third kappa shape index (κ3) is 4.44. The summed E-state index contributed by atoms with van der Waals surface area (Å²) in [5.74, 6) is -2.52. The van der Waals surface area contributed by atoms with Gasteiger partial charge in [-0.05, 0) is 31.4 Å². The van der Waals surface area contributed by atoms with Gasteiger partial charge in [0.1, 0.15) is 5.82 Å². The van der Waals surface area contributed by atoms with Gasteiger partial charge in [-0.15, -0.1) is 0 Å². The Hall–Kier alpha value is -4.29. The van der Waals surface area contributed by atoms with Crippen molar-refractivity contribution in [2.45, 2.75) is 32.1 Å². The van der Waals surface area contributed by atoms with Crippen LogP contribution in [0.2, 0.25) is 0 Å². The molecule has 13 nitrogen and oxygen atoms in total. The maximum absolute atomic E-state index is 13.0. The Labute approximate surface area is 192 Å². The number of nitrogens with two attached hydrogens (primary N) is 1. The minimum absolute atomic E-state index is 0.00703. The Balaban J connectivity index is 1.58. The van der Waals surface area contributed by atoms with Gasteiger partial charge in [-0.3, -0.25) is 34.3 Å². The lowest BCUT2D eigenvalue weighted by molar-refractivity contribution is -0.384. The Morgan fingerprint density at radius 3 is 2.59 bits per heavy atom. The molecule has 3 amide bonds. The van der Waals surface area contributed by atoms with Crippen molar-refractivity contribution in [2.75, 3.05) is 28.6 Å². The lowest BCUT2D eigenvalue weighted by Crippen LogP contribution is -2.41. The Morgan fingerprint density at radius 1 is 1.26 bits per heavy atom. The number of anilines is 3. The van der Waals surface area contributed by atoms with Gasteiger partial charge in [0.15, 0.2) is 0 Å². The van der Waals surface area contributed by atoms with E-state index in [2.05, 4.69) is 20.6 Å². The lowest BCUT2D eigenvalue weighted by Gasteiger charge is -2.32. The summed E-state index contributed by atoms with van der Waals surface area (Å²) < 4.78 is 0. The first kappa shape index (κ1) is 22.9. The molecular weight excluding hydrogens is 446 g/mol. The molecule has 1 fully saturated rings. The SMILES string of the molecule is Cc1cc([N+](=O)[O-])ccc1NC(=O)[C@H]1CC(=O)Nc2nc(N3CCC(C(N)=O)CC3)[nH]c(=O)c21. The minimum atomic E-state index is -1.09. The fourth-order valence-corrected chi connectivity index (χ4v) is 4.23. The van der Waals surface area contributed by atoms with Gasteiger partial charge in [0.2, 0.25) is 23.7 Å². The van der Waals surface area contributed by atoms with Crippen molar-refractivity contribution in [3.63, 3.8) is 0 Å². The second kappa shape index (κ2) is 8.92. The number of hydrogen-bond donors (Lipinski definition) is 4. The van der Waals surface area contributed by atoms with Crippen molar-refractivity contribution in [3.05, 3.63) is 49.8 Å². The lowest BCUT2D eigenvalue weighted by atomic mass is 9.92. The summed E-state index contributed by atoms with van der Waals surface area (Å²) in [6.07, 6.45) is 0.781. The fraction of sp³-hybridized carbons (Fsp3) is 0.381. The van der Waals surface area contributed by atoms with Crippen molar-refractivity contribution in [1.82, 2.24) is 9.97 Å². The van der Waals surface area contributed by atoms with E-state index >= 15 is 0 Å². The van der Waals surface area contributed by atoms with Gasteiger partial charge in [0.05, 0.1) is 16.4 Å². The summed E-state index contributed by atoms with van der Waals surface area (Å²) in [7, 11) is 0. The summed E-state index contributed by atoms with van der Waals surface area (Å²) in [6, 6.07) is 3.97. The zero-order valence-electron chi connectivity index (χ0n) is 18.3. The number of primary amides is 1. The van der Waals surface area contributed by atoms with Gasteiger partial charge in [-0.2, -0.15) is 4.98 Å². The van der Waals surface area contributed by atoms with E-state index in [9.17, 15) is 29.3 Å². The van der Waals surface area contributed by atoms with E-state index in [1.165, 1.54) is 18.2 Å². The van der Waals surface area contributed by atoms with E-state index in [0.29, 0.717) is 37.2 Å². The smallest absolute Gasteiger partial charge is 0.269 e. The van der Waals surface area contributed by atoms with Gasteiger partial charge in [0, 0.05) is 43.2 Å². The van der Waals surface area contributed by atoms with Gasteiger partial charge < -0.3 is 21.3 Å². The van der Waals surface area contributed by atoms with Gasteiger partial charge in [0.25, 0.3) is 11.2 Å². The topological polar surface area (TPSA) is 193 Å². The molecule has 1 aromatic heterocycles. The maximum atomic E-state index is 13.0. The molecule has 0 bridgehead atoms. The highest BCUT2D eigenvalue weighted by atomic mass is 16.6. The number of non-ortho nitro benzene ring substituents is 1. The number of carbonyl (C=O) groups excluding carboxylic acids is 3. The van der Waals surface area contributed by atoms with E-state index < -0.39 is 28.2 Å². The second-order valence-electron chi connectivity index (χ2n) is 8.37. The van der Waals surface area contributed by atoms with E-state index in [4.69, 9.17) is 5.73 Å². The highest BCUT2D eigenvalue weighted by Gasteiger charge is 2.36. The van der Waals surface area contributed by atoms with Crippen LogP contribution in [0.1, 0.15) is 36.3 Å². The van der Waals surface area contributed by atoms with Crippen LogP contribution in [-0.4, -0.2) is 45.7 Å². The molecule has 2 aliphatic heterocycles. The Kier molecular flexibility index (Phi) is 6.01. The number of H-pyrrole nitrogens is 1. The Bertz CT molecular complexity index is 1250. The van der Waals surface area contributed by atoms with Gasteiger partial charge >= 0.3 is 0 Å². The summed E-state index contributed by atoms with van der Waals surface area (Å²) in [5.41, 5.74) is 5.52. The van der Waals surface area contributed by atoms with E-state index in [-0.39, 0.29) is 41.3 Å². The molecule has 2 aromatic rings. The molecule has 0 radical (unpaired) electrons. The molecule has 34 heavy (non-hydrogen) atoms. The summed E-state index contributed by atoms with van der Waals surface area (Å²) in [4.78, 5) is 68.9. The maximum Gasteiger partial charge on any atom is 0.269 e. The molecular formula is C21H23N7O6. The van der Waals surface area contributed by atoms with Crippen LogP contribution in [0.25, 0.3) is 0 Å². The number of benzene rings is 1. The third-order valence-electron chi connectivity index (χ3n) is 6.13. The number of fused-ring (bicyclic) bond motifs is 1. The average molecular weight is 469 g/mol. The predicted molar refractivity (Wildman–Crippen MR) is 121 cm³/mol. The number of hydrogen-bond acceptors (Lipinski definition) is 8. The third-order valence-corrected chi connectivity index (χ3v) is 6.13. The second-order valence-corrected chi connectivity index (χ2v) is 8.37. The quantitative estimate of drug-likeness (QED) is 0.364. The molecule has 0 spiro atoms.